The zero-order chi connectivity index (χ0) is 10.6. The molecular weight excluding hydrogens is 222 g/mol. The molecule has 0 radical (unpaired) electrons. The van der Waals surface area contributed by atoms with Crippen molar-refractivity contribution in [1.29, 1.82) is 0 Å². The summed E-state index contributed by atoms with van der Waals surface area (Å²) in [5, 5.41) is 2.52. The van der Waals surface area contributed by atoms with E-state index in [-0.39, 0.29) is 11.9 Å². The summed E-state index contributed by atoms with van der Waals surface area (Å²) in [4.78, 5) is 12.1. The molecule has 1 heterocycles. The van der Waals surface area contributed by atoms with Crippen molar-refractivity contribution < 1.29 is 9.53 Å². The summed E-state index contributed by atoms with van der Waals surface area (Å²) >= 11 is 7.30. The zero-order valence-electron chi connectivity index (χ0n) is 7.83. The van der Waals surface area contributed by atoms with E-state index in [0.29, 0.717) is 18.0 Å². The second-order valence-electron chi connectivity index (χ2n) is 2.88. The highest BCUT2D eigenvalue weighted by molar-refractivity contribution is 7.10. The van der Waals surface area contributed by atoms with Gasteiger partial charge in [-0.3, -0.25) is 4.79 Å². The van der Waals surface area contributed by atoms with Crippen LogP contribution >= 0.6 is 22.9 Å². The minimum Gasteiger partial charge on any atom is -0.469 e. The maximum absolute atomic E-state index is 11.1. The number of carbonyl (C=O) groups is 1. The van der Waals surface area contributed by atoms with Gasteiger partial charge in [0.15, 0.2) is 0 Å². The Bertz CT molecular complexity index is 314. The lowest BCUT2D eigenvalue weighted by molar-refractivity contribution is -0.141. The quantitative estimate of drug-likeness (QED) is 0.810. The molecule has 5 heteroatoms. The summed E-state index contributed by atoms with van der Waals surface area (Å²) in [6.45, 7) is 0.423. The first-order valence-corrected chi connectivity index (χ1v) is 5.44. The van der Waals surface area contributed by atoms with Crippen LogP contribution in [0.3, 0.4) is 0 Å². The SMILES string of the molecule is COC(=O)CC(CN)c1cc(Cl)cs1. The fourth-order valence-electron chi connectivity index (χ4n) is 1.13. The third kappa shape index (κ3) is 2.97. The molecule has 1 aromatic heterocycles. The van der Waals surface area contributed by atoms with Gasteiger partial charge in [-0.2, -0.15) is 0 Å². The molecule has 1 unspecified atom stereocenters. The lowest BCUT2D eigenvalue weighted by Crippen LogP contribution is -2.16. The summed E-state index contributed by atoms with van der Waals surface area (Å²) in [5.41, 5.74) is 5.57. The molecule has 0 amide bonds. The van der Waals surface area contributed by atoms with E-state index in [1.54, 1.807) is 0 Å². The van der Waals surface area contributed by atoms with Crippen LogP contribution in [0, 0.1) is 0 Å². The summed E-state index contributed by atoms with van der Waals surface area (Å²) in [5.74, 6) is -0.232. The standard InChI is InChI=1S/C9H12ClNO2S/c1-13-9(12)2-6(4-11)8-3-7(10)5-14-8/h3,5-6H,2,4,11H2,1H3. The topological polar surface area (TPSA) is 52.3 Å². The molecule has 0 aliphatic rings. The fourth-order valence-corrected chi connectivity index (χ4v) is 2.33. The molecule has 0 fully saturated rings. The van der Waals surface area contributed by atoms with Gasteiger partial charge < -0.3 is 10.5 Å². The number of hydrogen-bond acceptors (Lipinski definition) is 4. The Balaban J connectivity index is 2.67. The molecule has 0 aromatic carbocycles. The van der Waals surface area contributed by atoms with E-state index < -0.39 is 0 Å². The maximum atomic E-state index is 11.1. The lowest BCUT2D eigenvalue weighted by atomic mass is 10.0. The number of hydrogen-bond donors (Lipinski definition) is 1. The van der Waals surface area contributed by atoms with Crippen molar-refractivity contribution in [3.8, 4) is 0 Å². The molecule has 1 rings (SSSR count). The van der Waals surface area contributed by atoms with Gasteiger partial charge in [-0.1, -0.05) is 11.6 Å². The van der Waals surface area contributed by atoms with Crippen LogP contribution < -0.4 is 5.73 Å². The van der Waals surface area contributed by atoms with Crippen molar-refractivity contribution in [3.05, 3.63) is 21.3 Å². The molecule has 3 nitrogen and oxygen atoms in total. The summed E-state index contributed by atoms with van der Waals surface area (Å²) in [7, 11) is 1.37. The number of ether oxygens (including phenoxy) is 1. The molecule has 14 heavy (non-hydrogen) atoms. The van der Waals surface area contributed by atoms with Crippen LogP contribution in [0.5, 0.6) is 0 Å². The summed E-state index contributed by atoms with van der Waals surface area (Å²) < 4.78 is 4.59. The van der Waals surface area contributed by atoms with Gasteiger partial charge in [0.25, 0.3) is 0 Å². The van der Waals surface area contributed by atoms with E-state index >= 15 is 0 Å². The molecule has 0 saturated heterocycles. The minimum absolute atomic E-state index is 0.0138. The molecule has 1 atom stereocenters. The van der Waals surface area contributed by atoms with Crippen molar-refractivity contribution in [2.45, 2.75) is 12.3 Å². The Hall–Kier alpha value is -0.580. The van der Waals surface area contributed by atoms with Crippen LogP contribution in [0.25, 0.3) is 0 Å². The first-order chi connectivity index (χ1) is 6.67. The van der Waals surface area contributed by atoms with Gasteiger partial charge in [-0.05, 0) is 6.07 Å². The van der Waals surface area contributed by atoms with Crippen LogP contribution in [-0.2, 0) is 9.53 Å². The maximum Gasteiger partial charge on any atom is 0.306 e. The largest absolute Gasteiger partial charge is 0.469 e. The molecule has 2 N–H and O–H groups in total. The van der Waals surface area contributed by atoms with Crippen molar-refractivity contribution in [3.63, 3.8) is 0 Å². The molecule has 0 aliphatic carbocycles. The highest BCUT2D eigenvalue weighted by Crippen LogP contribution is 2.28. The fraction of sp³-hybridized carbons (Fsp3) is 0.444. The van der Waals surface area contributed by atoms with Gasteiger partial charge in [-0.25, -0.2) is 0 Å². The van der Waals surface area contributed by atoms with E-state index in [9.17, 15) is 4.79 Å². The van der Waals surface area contributed by atoms with E-state index in [0.717, 1.165) is 4.88 Å². The van der Waals surface area contributed by atoms with Gasteiger partial charge >= 0.3 is 5.97 Å². The van der Waals surface area contributed by atoms with E-state index in [1.807, 2.05) is 11.4 Å². The van der Waals surface area contributed by atoms with Gasteiger partial charge in [-0.15, -0.1) is 11.3 Å². The summed E-state index contributed by atoms with van der Waals surface area (Å²) in [6, 6.07) is 1.84. The Morgan fingerprint density at radius 1 is 1.79 bits per heavy atom. The first-order valence-electron chi connectivity index (χ1n) is 4.18. The average Bonchev–Trinajstić information content (AvgIpc) is 2.60. The van der Waals surface area contributed by atoms with Crippen LogP contribution in [0.1, 0.15) is 17.2 Å². The summed E-state index contributed by atoms with van der Waals surface area (Å²) in [6.07, 6.45) is 0.309. The van der Waals surface area contributed by atoms with Gasteiger partial charge in [0.05, 0.1) is 18.6 Å². The number of esters is 1. The van der Waals surface area contributed by atoms with Crippen LogP contribution in [0.2, 0.25) is 5.02 Å². The second kappa shape index (κ2) is 5.34. The smallest absolute Gasteiger partial charge is 0.306 e. The van der Waals surface area contributed by atoms with Crippen LogP contribution in [-0.4, -0.2) is 19.6 Å². The van der Waals surface area contributed by atoms with Gasteiger partial charge in [0, 0.05) is 22.7 Å². The van der Waals surface area contributed by atoms with E-state index in [4.69, 9.17) is 17.3 Å². The molecule has 0 spiro atoms. The van der Waals surface area contributed by atoms with Crippen LogP contribution in [0.4, 0.5) is 0 Å². The Morgan fingerprint density at radius 2 is 2.50 bits per heavy atom. The molecule has 1 aromatic rings. The molecule has 0 saturated carbocycles. The van der Waals surface area contributed by atoms with Gasteiger partial charge in [0.1, 0.15) is 0 Å². The Morgan fingerprint density at radius 3 is 2.93 bits per heavy atom. The van der Waals surface area contributed by atoms with E-state index in [2.05, 4.69) is 4.74 Å². The lowest BCUT2D eigenvalue weighted by Gasteiger charge is -2.10. The third-order valence-electron chi connectivity index (χ3n) is 1.92. The molecule has 0 aliphatic heterocycles. The zero-order valence-corrected chi connectivity index (χ0v) is 9.40. The third-order valence-corrected chi connectivity index (χ3v) is 3.36. The monoisotopic (exact) mass is 233 g/mol. The van der Waals surface area contributed by atoms with E-state index in [1.165, 1.54) is 18.4 Å². The highest BCUT2D eigenvalue weighted by atomic mass is 35.5. The molecule has 0 bridgehead atoms. The van der Waals surface area contributed by atoms with Crippen molar-refractivity contribution in [1.82, 2.24) is 0 Å². The van der Waals surface area contributed by atoms with Gasteiger partial charge in [0.2, 0.25) is 0 Å². The molecular formula is C9H12ClNO2S. The number of methoxy groups -OCH3 is 1. The Kier molecular flexibility index (Phi) is 4.38. The van der Waals surface area contributed by atoms with Crippen molar-refractivity contribution >= 4 is 28.9 Å². The number of nitrogens with two attached hydrogens (primary N) is 1. The number of carbonyl (C=O) groups excluding carboxylic acids is 1. The number of rotatable bonds is 4. The molecule has 78 valence electrons. The highest BCUT2D eigenvalue weighted by Gasteiger charge is 2.16. The van der Waals surface area contributed by atoms with Crippen molar-refractivity contribution in [2.75, 3.05) is 13.7 Å². The number of thiophene rings is 1. The minimum atomic E-state index is -0.245. The Labute approximate surface area is 91.8 Å². The first kappa shape index (κ1) is 11.5. The predicted octanol–water partition coefficient (Wildman–Crippen LogP) is 2.01. The number of halogens is 1. The second-order valence-corrected chi connectivity index (χ2v) is 4.26. The van der Waals surface area contributed by atoms with Crippen molar-refractivity contribution in [2.24, 2.45) is 5.73 Å². The normalized spacial score (nSPS) is 12.5. The predicted molar refractivity (Wildman–Crippen MR) is 57.8 cm³/mol. The van der Waals surface area contributed by atoms with Crippen LogP contribution in [0.15, 0.2) is 11.4 Å². The average molecular weight is 234 g/mol.